The molecule has 8 heavy (non-hydrogen) atoms. The number of hydrogen-bond donors (Lipinski definition) is 1. The largest absolute Gasteiger partial charge is 0.311 e. The molecule has 0 fully saturated rings. The standard InChI is InChI=1S/C7H13N/c1-5-6-7(2,3)8-4/h6,8H,1H2,2-4H3. The van der Waals surface area contributed by atoms with Gasteiger partial charge in [0.25, 0.3) is 0 Å². The van der Waals surface area contributed by atoms with Crippen LogP contribution in [0.15, 0.2) is 18.4 Å². The molecule has 0 aliphatic rings. The van der Waals surface area contributed by atoms with Gasteiger partial charge in [0.2, 0.25) is 0 Å². The number of hydrogen-bond acceptors (Lipinski definition) is 1. The second-order valence-corrected chi connectivity index (χ2v) is 2.32. The molecule has 0 aromatic heterocycles. The van der Waals surface area contributed by atoms with Gasteiger partial charge < -0.3 is 5.32 Å². The van der Waals surface area contributed by atoms with Gasteiger partial charge >= 0.3 is 0 Å². The molecule has 0 unspecified atom stereocenters. The molecule has 0 saturated heterocycles. The minimum atomic E-state index is 0.0434. The van der Waals surface area contributed by atoms with Crippen LogP contribution in [0.2, 0.25) is 0 Å². The average molecular weight is 111 g/mol. The summed E-state index contributed by atoms with van der Waals surface area (Å²) < 4.78 is 0. The van der Waals surface area contributed by atoms with Crippen LogP contribution in [-0.2, 0) is 0 Å². The smallest absolute Gasteiger partial charge is 0.0379 e. The van der Waals surface area contributed by atoms with Gasteiger partial charge in [-0.15, -0.1) is 5.73 Å². The van der Waals surface area contributed by atoms with E-state index in [4.69, 9.17) is 0 Å². The normalized spacial score (nSPS) is 10.4. The van der Waals surface area contributed by atoms with Gasteiger partial charge in [-0.05, 0) is 27.0 Å². The molecule has 0 heterocycles. The predicted molar refractivity (Wildman–Crippen MR) is 36.8 cm³/mol. The van der Waals surface area contributed by atoms with Gasteiger partial charge in [0.1, 0.15) is 0 Å². The molecule has 0 aromatic rings. The van der Waals surface area contributed by atoms with E-state index in [9.17, 15) is 0 Å². The van der Waals surface area contributed by atoms with Crippen molar-refractivity contribution in [2.75, 3.05) is 7.05 Å². The Morgan fingerprint density at radius 3 is 2.25 bits per heavy atom. The van der Waals surface area contributed by atoms with Crippen molar-refractivity contribution in [2.24, 2.45) is 0 Å². The van der Waals surface area contributed by atoms with Crippen molar-refractivity contribution in [3.63, 3.8) is 0 Å². The Balaban J connectivity index is 3.90. The third kappa shape index (κ3) is 2.62. The molecule has 0 radical (unpaired) electrons. The van der Waals surface area contributed by atoms with Gasteiger partial charge in [0.05, 0.1) is 0 Å². The first-order chi connectivity index (χ1) is 3.62. The molecule has 0 atom stereocenters. The van der Waals surface area contributed by atoms with Crippen molar-refractivity contribution in [1.82, 2.24) is 5.32 Å². The molecule has 0 bridgehead atoms. The molecule has 1 nitrogen and oxygen atoms in total. The lowest BCUT2D eigenvalue weighted by Crippen LogP contribution is -2.33. The zero-order valence-corrected chi connectivity index (χ0v) is 5.78. The Bertz CT molecular complexity index is 108. The highest BCUT2D eigenvalue weighted by molar-refractivity contribution is 4.97. The summed E-state index contributed by atoms with van der Waals surface area (Å²) in [6.45, 7) is 7.59. The van der Waals surface area contributed by atoms with Crippen LogP contribution in [0.4, 0.5) is 0 Å². The Labute approximate surface area is 51.1 Å². The molecule has 0 saturated carbocycles. The molecule has 0 aliphatic carbocycles. The monoisotopic (exact) mass is 111 g/mol. The van der Waals surface area contributed by atoms with Gasteiger partial charge in [0, 0.05) is 5.54 Å². The lowest BCUT2D eigenvalue weighted by atomic mass is 10.1. The van der Waals surface area contributed by atoms with E-state index < -0.39 is 0 Å². The summed E-state index contributed by atoms with van der Waals surface area (Å²) in [5.41, 5.74) is 2.76. The quantitative estimate of drug-likeness (QED) is 0.530. The zero-order chi connectivity index (χ0) is 6.62. The van der Waals surface area contributed by atoms with Crippen molar-refractivity contribution in [2.45, 2.75) is 19.4 Å². The molecule has 0 amide bonds. The van der Waals surface area contributed by atoms with E-state index in [-0.39, 0.29) is 5.54 Å². The lowest BCUT2D eigenvalue weighted by molar-refractivity contribution is 0.528. The van der Waals surface area contributed by atoms with E-state index in [1.54, 1.807) is 0 Å². The Morgan fingerprint density at radius 2 is 2.12 bits per heavy atom. The Hall–Kier alpha value is -0.520. The summed E-state index contributed by atoms with van der Waals surface area (Å²) in [5, 5.41) is 3.08. The molecular weight excluding hydrogens is 98.1 g/mol. The topological polar surface area (TPSA) is 12.0 Å². The fourth-order valence-electron chi connectivity index (χ4n) is 0.327. The molecular formula is C7H13N. The highest BCUT2D eigenvalue weighted by Gasteiger charge is 2.07. The van der Waals surface area contributed by atoms with E-state index in [1.165, 1.54) is 0 Å². The summed E-state index contributed by atoms with van der Waals surface area (Å²) in [6.07, 6.45) is 1.90. The molecule has 1 N–H and O–H groups in total. The van der Waals surface area contributed by atoms with Crippen LogP contribution in [-0.4, -0.2) is 12.6 Å². The molecule has 1 heteroatoms. The maximum absolute atomic E-state index is 3.47. The SMILES string of the molecule is C=C=CC(C)(C)NC. The van der Waals surface area contributed by atoms with E-state index in [2.05, 4.69) is 31.5 Å². The fraction of sp³-hybridized carbons (Fsp3) is 0.571. The van der Waals surface area contributed by atoms with Crippen molar-refractivity contribution >= 4 is 0 Å². The minimum Gasteiger partial charge on any atom is -0.311 e. The first-order valence-corrected chi connectivity index (χ1v) is 2.68. The molecule has 0 aromatic carbocycles. The first kappa shape index (κ1) is 7.48. The first-order valence-electron chi connectivity index (χ1n) is 2.68. The third-order valence-corrected chi connectivity index (χ3v) is 1.11. The maximum Gasteiger partial charge on any atom is 0.0379 e. The number of nitrogens with one attached hydrogen (secondary N) is 1. The summed E-state index contributed by atoms with van der Waals surface area (Å²) in [7, 11) is 1.91. The molecule has 46 valence electrons. The number of likely N-dealkylation sites (N-methyl/N-ethyl adjacent to an activating group) is 1. The van der Waals surface area contributed by atoms with Gasteiger partial charge in [-0.2, -0.15) is 0 Å². The van der Waals surface area contributed by atoms with Gasteiger partial charge in [-0.25, -0.2) is 0 Å². The van der Waals surface area contributed by atoms with Crippen LogP contribution in [0.5, 0.6) is 0 Å². The van der Waals surface area contributed by atoms with Crippen LogP contribution in [0.3, 0.4) is 0 Å². The van der Waals surface area contributed by atoms with Crippen molar-refractivity contribution < 1.29 is 0 Å². The lowest BCUT2D eigenvalue weighted by Gasteiger charge is -2.16. The highest BCUT2D eigenvalue weighted by atomic mass is 14.9. The minimum absolute atomic E-state index is 0.0434. The van der Waals surface area contributed by atoms with Crippen molar-refractivity contribution in [3.05, 3.63) is 18.4 Å². The van der Waals surface area contributed by atoms with Crippen LogP contribution in [0.1, 0.15) is 13.8 Å². The van der Waals surface area contributed by atoms with Crippen LogP contribution in [0, 0.1) is 0 Å². The predicted octanol–water partition coefficient (Wildman–Crippen LogP) is 1.33. The summed E-state index contributed by atoms with van der Waals surface area (Å²) in [5.74, 6) is 0. The Kier molecular flexibility index (Phi) is 2.53. The second-order valence-electron chi connectivity index (χ2n) is 2.32. The molecule has 0 aliphatic heterocycles. The summed E-state index contributed by atoms with van der Waals surface area (Å²) in [6, 6.07) is 0. The van der Waals surface area contributed by atoms with Crippen molar-refractivity contribution in [3.8, 4) is 0 Å². The van der Waals surface area contributed by atoms with Gasteiger partial charge in [-0.1, -0.05) is 6.58 Å². The fourth-order valence-corrected chi connectivity index (χ4v) is 0.327. The van der Waals surface area contributed by atoms with E-state index in [0.29, 0.717) is 0 Å². The van der Waals surface area contributed by atoms with Crippen LogP contribution in [0.25, 0.3) is 0 Å². The second kappa shape index (κ2) is 2.71. The highest BCUT2D eigenvalue weighted by Crippen LogP contribution is 1.99. The maximum atomic E-state index is 3.47. The van der Waals surface area contributed by atoms with E-state index in [0.717, 1.165) is 0 Å². The van der Waals surface area contributed by atoms with Crippen molar-refractivity contribution in [1.29, 1.82) is 0 Å². The van der Waals surface area contributed by atoms with E-state index >= 15 is 0 Å². The van der Waals surface area contributed by atoms with E-state index in [1.807, 2.05) is 13.1 Å². The molecule has 0 spiro atoms. The van der Waals surface area contributed by atoms with Gasteiger partial charge in [0.15, 0.2) is 0 Å². The van der Waals surface area contributed by atoms with Crippen LogP contribution < -0.4 is 5.32 Å². The zero-order valence-electron chi connectivity index (χ0n) is 5.78. The van der Waals surface area contributed by atoms with Gasteiger partial charge in [-0.3, -0.25) is 0 Å². The average Bonchev–Trinajstić information content (AvgIpc) is 1.67. The molecule has 0 rings (SSSR count). The summed E-state index contributed by atoms with van der Waals surface area (Å²) in [4.78, 5) is 0. The summed E-state index contributed by atoms with van der Waals surface area (Å²) >= 11 is 0. The van der Waals surface area contributed by atoms with Crippen LogP contribution >= 0.6 is 0 Å². The Morgan fingerprint density at radius 1 is 1.62 bits per heavy atom. The third-order valence-electron chi connectivity index (χ3n) is 1.11. The number of rotatable bonds is 2.